The number of carbonyl (C=O) groups excluding carboxylic acids is 1. The number of furan rings is 1. The lowest BCUT2D eigenvalue weighted by Crippen LogP contribution is -2.39. The Morgan fingerprint density at radius 1 is 0.952 bits per heavy atom. The topological polar surface area (TPSA) is 111 Å². The van der Waals surface area contributed by atoms with E-state index >= 15 is 0 Å². The van der Waals surface area contributed by atoms with Gasteiger partial charge in [-0.2, -0.15) is 0 Å². The van der Waals surface area contributed by atoms with Crippen LogP contribution in [0.4, 0.5) is 0 Å². The van der Waals surface area contributed by atoms with Crippen molar-refractivity contribution in [3.8, 4) is 11.3 Å². The Morgan fingerprint density at radius 3 is 2.31 bits per heavy atom. The SMILES string of the molecule is CCOC(=O)C1=C(c2ccccc2)N=c2s/c(=C\c3ccc(-c4ccc(C(=O)O)cc4)o3)c(=O)n2[C@H]1c1ccccc1. The summed E-state index contributed by atoms with van der Waals surface area (Å²) in [5.41, 5.74) is 2.81. The average molecular weight is 577 g/mol. The van der Waals surface area contributed by atoms with Gasteiger partial charge in [-0.25, -0.2) is 14.6 Å². The molecule has 0 saturated heterocycles. The van der Waals surface area contributed by atoms with Gasteiger partial charge in [0, 0.05) is 17.2 Å². The van der Waals surface area contributed by atoms with Gasteiger partial charge in [0.05, 0.1) is 34.0 Å². The molecule has 0 bridgehead atoms. The molecule has 0 radical (unpaired) electrons. The molecule has 0 fully saturated rings. The number of aromatic nitrogens is 1. The summed E-state index contributed by atoms with van der Waals surface area (Å²) in [5, 5.41) is 9.16. The number of rotatable bonds is 7. The normalized spacial score (nSPS) is 14.8. The lowest BCUT2D eigenvalue weighted by Gasteiger charge is -2.25. The molecule has 0 unspecified atom stereocenters. The van der Waals surface area contributed by atoms with Gasteiger partial charge < -0.3 is 14.3 Å². The first kappa shape index (κ1) is 26.9. The van der Waals surface area contributed by atoms with Gasteiger partial charge in [-0.05, 0) is 36.8 Å². The molecule has 0 spiro atoms. The predicted octanol–water partition coefficient (Wildman–Crippen LogP) is 4.89. The summed E-state index contributed by atoms with van der Waals surface area (Å²) in [6.45, 7) is 1.92. The van der Waals surface area contributed by atoms with Crippen molar-refractivity contribution in [1.82, 2.24) is 4.57 Å². The van der Waals surface area contributed by atoms with Crippen LogP contribution in [-0.2, 0) is 9.53 Å². The molecule has 6 rings (SSSR count). The van der Waals surface area contributed by atoms with Crippen LogP contribution in [0.2, 0.25) is 0 Å². The molecule has 8 nitrogen and oxygen atoms in total. The Kier molecular flexibility index (Phi) is 7.24. The highest BCUT2D eigenvalue weighted by molar-refractivity contribution is 7.07. The molecule has 1 aliphatic rings. The summed E-state index contributed by atoms with van der Waals surface area (Å²) < 4.78 is 13.4. The fourth-order valence-electron chi connectivity index (χ4n) is 4.88. The van der Waals surface area contributed by atoms with Gasteiger partial charge in [0.25, 0.3) is 5.56 Å². The highest BCUT2D eigenvalue weighted by Crippen LogP contribution is 2.35. The molecule has 2 aromatic heterocycles. The maximum absolute atomic E-state index is 14.0. The molecule has 3 aromatic carbocycles. The minimum absolute atomic E-state index is 0.177. The Bertz CT molecular complexity index is 2000. The fraction of sp³-hybridized carbons (Fsp3) is 0.0909. The van der Waals surface area contributed by atoms with E-state index in [1.165, 1.54) is 23.5 Å². The van der Waals surface area contributed by atoms with E-state index in [1.54, 1.807) is 41.8 Å². The molecule has 3 heterocycles. The van der Waals surface area contributed by atoms with Crippen LogP contribution in [0.3, 0.4) is 0 Å². The Labute approximate surface area is 243 Å². The zero-order valence-corrected chi connectivity index (χ0v) is 23.2. The van der Waals surface area contributed by atoms with E-state index < -0.39 is 18.0 Å². The molecular weight excluding hydrogens is 552 g/mol. The number of carboxylic acid groups (broad SMARTS) is 1. The van der Waals surface area contributed by atoms with Crippen LogP contribution in [0.15, 0.2) is 117 Å². The monoisotopic (exact) mass is 576 g/mol. The Morgan fingerprint density at radius 2 is 1.64 bits per heavy atom. The van der Waals surface area contributed by atoms with Crippen LogP contribution in [0.25, 0.3) is 23.1 Å². The number of hydrogen-bond acceptors (Lipinski definition) is 7. The van der Waals surface area contributed by atoms with Crippen molar-refractivity contribution in [2.24, 2.45) is 4.99 Å². The smallest absolute Gasteiger partial charge is 0.338 e. The van der Waals surface area contributed by atoms with Crippen LogP contribution < -0.4 is 14.9 Å². The maximum Gasteiger partial charge on any atom is 0.338 e. The third-order valence-electron chi connectivity index (χ3n) is 6.81. The first-order chi connectivity index (χ1) is 20.4. The lowest BCUT2D eigenvalue weighted by molar-refractivity contribution is -0.138. The van der Waals surface area contributed by atoms with Gasteiger partial charge in [-0.15, -0.1) is 0 Å². The molecule has 1 atom stereocenters. The largest absolute Gasteiger partial charge is 0.478 e. The van der Waals surface area contributed by atoms with Gasteiger partial charge in [0.15, 0.2) is 4.80 Å². The molecular formula is C33H24N2O6S. The number of thiazole rings is 1. The molecule has 1 N–H and O–H groups in total. The first-order valence-electron chi connectivity index (χ1n) is 13.2. The number of ether oxygens (including phenoxy) is 1. The fourth-order valence-corrected chi connectivity index (χ4v) is 5.86. The highest BCUT2D eigenvalue weighted by atomic mass is 32.1. The summed E-state index contributed by atoms with van der Waals surface area (Å²) in [5.74, 6) is -0.564. The van der Waals surface area contributed by atoms with E-state index in [0.717, 1.165) is 11.1 Å². The number of carbonyl (C=O) groups is 2. The van der Waals surface area contributed by atoms with E-state index in [-0.39, 0.29) is 17.7 Å². The molecule has 208 valence electrons. The van der Waals surface area contributed by atoms with Crippen molar-refractivity contribution in [3.63, 3.8) is 0 Å². The average Bonchev–Trinajstić information content (AvgIpc) is 3.61. The third-order valence-corrected chi connectivity index (χ3v) is 7.79. The first-order valence-corrected chi connectivity index (χ1v) is 14.0. The molecule has 1 aliphatic heterocycles. The maximum atomic E-state index is 14.0. The van der Waals surface area contributed by atoms with Crippen molar-refractivity contribution in [3.05, 3.63) is 145 Å². The minimum atomic E-state index is -1.01. The Hall–Kier alpha value is -5.28. The van der Waals surface area contributed by atoms with Gasteiger partial charge in [-0.3, -0.25) is 9.36 Å². The molecule has 0 saturated carbocycles. The van der Waals surface area contributed by atoms with Crippen LogP contribution in [0.1, 0.15) is 40.2 Å². The van der Waals surface area contributed by atoms with Crippen LogP contribution >= 0.6 is 11.3 Å². The molecule has 0 amide bonds. The van der Waals surface area contributed by atoms with Gasteiger partial charge in [0.2, 0.25) is 0 Å². The van der Waals surface area contributed by atoms with Crippen molar-refractivity contribution in [1.29, 1.82) is 0 Å². The van der Waals surface area contributed by atoms with Crippen molar-refractivity contribution in [2.45, 2.75) is 13.0 Å². The number of benzene rings is 3. The van der Waals surface area contributed by atoms with Gasteiger partial charge >= 0.3 is 11.9 Å². The number of carboxylic acids is 1. The molecule has 5 aromatic rings. The van der Waals surface area contributed by atoms with Crippen molar-refractivity contribution in [2.75, 3.05) is 6.61 Å². The summed E-state index contributed by atoms with van der Waals surface area (Å²) >= 11 is 1.21. The number of aromatic carboxylic acids is 1. The summed E-state index contributed by atoms with van der Waals surface area (Å²) in [4.78, 5) is 43.9. The van der Waals surface area contributed by atoms with E-state index in [1.807, 2.05) is 60.7 Å². The van der Waals surface area contributed by atoms with Crippen LogP contribution in [0.5, 0.6) is 0 Å². The zero-order chi connectivity index (χ0) is 29.2. The molecule has 9 heteroatoms. The van der Waals surface area contributed by atoms with E-state index in [2.05, 4.69) is 0 Å². The second kappa shape index (κ2) is 11.3. The van der Waals surface area contributed by atoms with Gasteiger partial charge in [-0.1, -0.05) is 84.1 Å². The zero-order valence-electron chi connectivity index (χ0n) is 22.4. The molecule has 0 aliphatic carbocycles. The second-order valence-corrected chi connectivity index (χ2v) is 10.4. The van der Waals surface area contributed by atoms with Gasteiger partial charge in [0.1, 0.15) is 11.5 Å². The number of hydrogen-bond donors (Lipinski definition) is 1. The van der Waals surface area contributed by atoms with E-state index in [9.17, 15) is 14.4 Å². The minimum Gasteiger partial charge on any atom is -0.478 e. The Balaban J connectivity index is 1.51. The predicted molar refractivity (Wildman–Crippen MR) is 159 cm³/mol. The highest BCUT2D eigenvalue weighted by Gasteiger charge is 2.35. The van der Waals surface area contributed by atoms with Crippen LogP contribution in [-0.4, -0.2) is 28.2 Å². The lowest BCUT2D eigenvalue weighted by atomic mass is 9.93. The number of nitrogens with zero attached hydrogens (tertiary/aromatic N) is 2. The quantitative estimate of drug-likeness (QED) is 0.276. The van der Waals surface area contributed by atoms with E-state index in [4.69, 9.17) is 19.3 Å². The van der Waals surface area contributed by atoms with E-state index in [0.29, 0.717) is 37.7 Å². The third kappa shape index (κ3) is 5.02. The second-order valence-electron chi connectivity index (χ2n) is 9.43. The summed E-state index contributed by atoms with van der Waals surface area (Å²) in [7, 11) is 0. The van der Waals surface area contributed by atoms with Crippen molar-refractivity contribution < 1.29 is 23.8 Å². The number of esters is 1. The van der Waals surface area contributed by atoms with Crippen LogP contribution in [0, 0.1) is 0 Å². The summed E-state index contributed by atoms with van der Waals surface area (Å²) in [6.07, 6.45) is 1.65. The summed E-state index contributed by atoms with van der Waals surface area (Å²) in [6, 6.07) is 27.9. The number of fused-ring (bicyclic) bond motifs is 1. The standard InChI is InChI=1S/C33H24N2O6S/c1-2-40-32(39)27-28(21-9-5-3-6-10-21)34-33-35(29(27)22-11-7-4-8-12-22)30(36)26(42-33)19-24-17-18-25(41-24)20-13-15-23(16-14-20)31(37)38/h3-19,29H,2H2,1H3,(H,37,38)/b26-19-/t29-/m0/s1. The molecule has 42 heavy (non-hydrogen) atoms. The van der Waals surface area contributed by atoms with Crippen molar-refractivity contribution >= 4 is 35.0 Å².